The molecule has 1 saturated heterocycles. The van der Waals surface area contributed by atoms with E-state index in [-0.39, 0.29) is 24.6 Å². The molecular formula is C16H24N2O4S. The van der Waals surface area contributed by atoms with E-state index in [9.17, 15) is 13.2 Å². The maximum absolute atomic E-state index is 12.3. The minimum atomic E-state index is -3.32. The number of amides is 1. The van der Waals surface area contributed by atoms with Gasteiger partial charge in [0.25, 0.3) is 0 Å². The maximum Gasteiger partial charge on any atom is 0.248 e. The van der Waals surface area contributed by atoms with Crippen LogP contribution < -0.4 is 4.72 Å². The summed E-state index contributed by atoms with van der Waals surface area (Å²) in [6.07, 6.45) is 2.38. The van der Waals surface area contributed by atoms with Gasteiger partial charge in [0.05, 0.1) is 12.3 Å². The van der Waals surface area contributed by atoms with Crippen molar-refractivity contribution in [3.05, 3.63) is 35.9 Å². The van der Waals surface area contributed by atoms with Gasteiger partial charge < -0.3 is 9.64 Å². The lowest BCUT2D eigenvalue weighted by atomic mass is 10.0. The molecule has 23 heavy (non-hydrogen) atoms. The Morgan fingerprint density at radius 2 is 2.04 bits per heavy atom. The quantitative estimate of drug-likeness (QED) is 0.796. The molecule has 6 nitrogen and oxygen atoms in total. The normalized spacial score (nSPS) is 21.6. The Labute approximate surface area is 137 Å². The van der Waals surface area contributed by atoms with Gasteiger partial charge in [-0.2, -0.15) is 0 Å². The van der Waals surface area contributed by atoms with Crippen LogP contribution in [-0.4, -0.2) is 57.3 Å². The van der Waals surface area contributed by atoms with Crippen LogP contribution >= 0.6 is 0 Å². The first kappa shape index (κ1) is 17.9. The van der Waals surface area contributed by atoms with Gasteiger partial charge in [-0.25, -0.2) is 13.1 Å². The highest BCUT2D eigenvalue weighted by Gasteiger charge is 2.38. The van der Waals surface area contributed by atoms with Gasteiger partial charge in [-0.15, -0.1) is 0 Å². The molecule has 2 atom stereocenters. The lowest BCUT2D eigenvalue weighted by Gasteiger charge is -2.28. The van der Waals surface area contributed by atoms with E-state index in [1.165, 1.54) is 0 Å². The van der Waals surface area contributed by atoms with Crippen molar-refractivity contribution in [2.75, 3.05) is 26.0 Å². The highest BCUT2D eigenvalue weighted by molar-refractivity contribution is 7.88. The molecule has 128 valence electrons. The van der Waals surface area contributed by atoms with Gasteiger partial charge in [-0.1, -0.05) is 30.3 Å². The monoisotopic (exact) mass is 340 g/mol. The number of likely N-dealkylation sites (tertiary alicyclic amines) is 1. The third kappa shape index (κ3) is 5.30. The number of rotatable bonds is 7. The smallest absolute Gasteiger partial charge is 0.248 e. The fourth-order valence-electron chi connectivity index (χ4n) is 2.96. The highest BCUT2D eigenvalue weighted by atomic mass is 32.2. The molecule has 0 radical (unpaired) electrons. The predicted molar refractivity (Wildman–Crippen MR) is 88.5 cm³/mol. The van der Waals surface area contributed by atoms with E-state index in [2.05, 4.69) is 4.72 Å². The molecule has 0 aliphatic carbocycles. The Kier molecular flexibility index (Phi) is 6.15. The van der Waals surface area contributed by atoms with Gasteiger partial charge in [0.2, 0.25) is 15.9 Å². The fourth-order valence-corrected chi connectivity index (χ4v) is 3.78. The molecule has 0 bridgehead atoms. The Morgan fingerprint density at radius 1 is 1.35 bits per heavy atom. The summed E-state index contributed by atoms with van der Waals surface area (Å²) in [6, 6.07) is 9.33. The van der Waals surface area contributed by atoms with Crippen molar-refractivity contribution in [2.24, 2.45) is 0 Å². The number of benzene rings is 1. The van der Waals surface area contributed by atoms with E-state index >= 15 is 0 Å². The molecule has 1 aromatic carbocycles. The number of carbonyl (C=O) groups is 1. The third-order valence-electron chi connectivity index (χ3n) is 3.95. The zero-order valence-corrected chi connectivity index (χ0v) is 14.4. The van der Waals surface area contributed by atoms with Crippen LogP contribution in [0, 0.1) is 0 Å². The Balaban J connectivity index is 2.16. The summed E-state index contributed by atoms with van der Waals surface area (Å²) >= 11 is 0. The van der Waals surface area contributed by atoms with Crippen LogP contribution in [-0.2, 0) is 26.0 Å². The molecule has 1 aromatic rings. The van der Waals surface area contributed by atoms with E-state index in [0.29, 0.717) is 26.0 Å². The second-order valence-corrected chi connectivity index (χ2v) is 7.55. The Bertz CT molecular complexity index is 618. The summed E-state index contributed by atoms with van der Waals surface area (Å²) in [6.45, 7) is 2.89. The summed E-state index contributed by atoms with van der Waals surface area (Å²) in [5, 5.41) is 0. The first-order chi connectivity index (χ1) is 10.9. The highest BCUT2D eigenvalue weighted by Crippen LogP contribution is 2.23. The van der Waals surface area contributed by atoms with Crippen LogP contribution in [0.1, 0.15) is 18.9 Å². The van der Waals surface area contributed by atoms with Crippen molar-refractivity contribution in [1.29, 1.82) is 0 Å². The van der Waals surface area contributed by atoms with Crippen molar-refractivity contribution in [3.8, 4) is 0 Å². The van der Waals surface area contributed by atoms with Gasteiger partial charge in [0, 0.05) is 19.2 Å². The van der Waals surface area contributed by atoms with Gasteiger partial charge in [0.1, 0.15) is 6.61 Å². The molecule has 0 spiro atoms. The second-order valence-electron chi connectivity index (χ2n) is 5.77. The summed E-state index contributed by atoms with van der Waals surface area (Å²) in [4.78, 5) is 14.1. The second kappa shape index (κ2) is 7.90. The first-order valence-electron chi connectivity index (χ1n) is 7.79. The largest absolute Gasteiger partial charge is 0.372 e. The molecule has 1 N–H and O–H groups in total. The molecule has 0 saturated carbocycles. The molecule has 1 amide bonds. The fraction of sp³-hybridized carbons (Fsp3) is 0.562. The lowest BCUT2D eigenvalue weighted by Crippen LogP contribution is -2.48. The Morgan fingerprint density at radius 3 is 2.65 bits per heavy atom. The zero-order valence-electron chi connectivity index (χ0n) is 13.6. The number of hydrogen-bond acceptors (Lipinski definition) is 4. The molecule has 1 fully saturated rings. The average Bonchev–Trinajstić information content (AvgIpc) is 2.87. The van der Waals surface area contributed by atoms with E-state index in [0.717, 1.165) is 11.8 Å². The minimum absolute atomic E-state index is 0.0351. The summed E-state index contributed by atoms with van der Waals surface area (Å²) < 4.78 is 31.1. The molecule has 0 unspecified atom stereocenters. The van der Waals surface area contributed by atoms with Crippen molar-refractivity contribution in [2.45, 2.75) is 31.8 Å². The molecule has 1 aliphatic rings. The lowest BCUT2D eigenvalue weighted by molar-refractivity contribution is -0.136. The van der Waals surface area contributed by atoms with Gasteiger partial charge in [-0.3, -0.25) is 4.79 Å². The van der Waals surface area contributed by atoms with Crippen molar-refractivity contribution in [3.63, 3.8) is 0 Å². The average molecular weight is 340 g/mol. The van der Waals surface area contributed by atoms with Crippen molar-refractivity contribution < 1.29 is 17.9 Å². The standard InChI is InChI=1S/C16H24N2O4S/c1-3-22-12-16(19)18-10-9-14(17-23(2,20)21)15(18)11-13-7-5-4-6-8-13/h4-8,14-15,17H,3,9-12H2,1-2H3/t14-,15+/m1/s1. The van der Waals surface area contributed by atoms with Crippen LogP contribution in [0.5, 0.6) is 0 Å². The summed E-state index contributed by atoms with van der Waals surface area (Å²) in [5.74, 6) is -0.0921. The van der Waals surface area contributed by atoms with Crippen LogP contribution in [0.4, 0.5) is 0 Å². The molecule has 2 rings (SSSR count). The van der Waals surface area contributed by atoms with Crippen LogP contribution in [0.25, 0.3) is 0 Å². The summed E-state index contributed by atoms with van der Waals surface area (Å²) in [5.41, 5.74) is 1.08. The van der Waals surface area contributed by atoms with E-state index in [1.54, 1.807) is 4.90 Å². The number of hydrogen-bond donors (Lipinski definition) is 1. The zero-order chi connectivity index (χ0) is 16.9. The van der Waals surface area contributed by atoms with E-state index in [1.807, 2.05) is 37.3 Å². The third-order valence-corrected chi connectivity index (χ3v) is 4.68. The van der Waals surface area contributed by atoms with E-state index < -0.39 is 10.0 Å². The molecule has 0 aromatic heterocycles. The number of nitrogens with zero attached hydrogens (tertiary/aromatic N) is 1. The number of carbonyl (C=O) groups excluding carboxylic acids is 1. The number of ether oxygens (including phenoxy) is 1. The molecule has 1 heterocycles. The van der Waals surface area contributed by atoms with E-state index in [4.69, 9.17) is 4.74 Å². The SMILES string of the molecule is CCOCC(=O)N1CC[C@@H](NS(C)(=O)=O)[C@@H]1Cc1ccccc1. The van der Waals surface area contributed by atoms with Crippen molar-refractivity contribution in [1.82, 2.24) is 9.62 Å². The topological polar surface area (TPSA) is 75.7 Å². The van der Waals surface area contributed by atoms with Gasteiger partial charge in [-0.05, 0) is 25.3 Å². The number of nitrogens with one attached hydrogen (secondary N) is 1. The van der Waals surface area contributed by atoms with Crippen LogP contribution in [0.15, 0.2) is 30.3 Å². The molecule has 7 heteroatoms. The number of sulfonamides is 1. The van der Waals surface area contributed by atoms with Crippen LogP contribution in [0.2, 0.25) is 0 Å². The maximum atomic E-state index is 12.3. The Hall–Kier alpha value is -1.44. The van der Waals surface area contributed by atoms with Gasteiger partial charge >= 0.3 is 0 Å². The van der Waals surface area contributed by atoms with Crippen molar-refractivity contribution >= 4 is 15.9 Å². The predicted octanol–water partition coefficient (Wildman–Crippen LogP) is 0.784. The minimum Gasteiger partial charge on any atom is -0.372 e. The summed E-state index contributed by atoms with van der Waals surface area (Å²) in [7, 11) is -3.32. The molecule has 1 aliphatic heterocycles. The first-order valence-corrected chi connectivity index (χ1v) is 9.68. The molecular weight excluding hydrogens is 316 g/mol. The van der Waals surface area contributed by atoms with Gasteiger partial charge in [0.15, 0.2) is 0 Å². The van der Waals surface area contributed by atoms with Crippen LogP contribution in [0.3, 0.4) is 0 Å².